The molecule has 0 aliphatic rings. The Kier molecular flexibility index (Phi) is 113. The van der Waals surface area contributed by atoms with E-state index in [-0.39, 0.29) is 48.5 Å². The van der Waals surface area contributed by atoms with Gasteiger partial charge in [-0.05, 0) is 0 Å². The molecule has 0 bridgehead atoms. The Hall–Kier alpha value is 0.883. The fraction of sp³-hybridized carbons (Fsp3) is 0.429. The van der Waals surface area contributed by atoms with Crippen molar-refractivity contribution in [2.75, 3.05) is 0 Å². The minimum Gasteiger partial charge on any atom is -0.358 e. The molecule has 0 heterocycles. The van der Waals surface area contributed by atoms with Crippen LogP contribution in [0.25, 0.3) is 0 Å². The topological polar surface area (TPSA) is 0 Å². The van der Waals surface area contributed by atoms with Crippen LogP contribution in [0.2, 0.25) is 0 Å². The van der Waals surface area contributed by atoms with Crippen LogP contribution in [0, 0.1) is 35.1 Å². The predicted octanol–water partition coefficient (Wildman–Crippen LogP) is 2.82. The van der Waals surface area contributed by atoms with Gasteiger partial charge in [-0.25, -0.2) is 0 Å². The molecule has 50 valence electrons. The second-order valence-electron chi connectivity index (χ2n) is 1.39. The Labute approximate surface area is 75.2 Å². The molecule has 0 unspecified atom stereocenters. The fourth-order valence-corrected chi connectivity index (χ4v) is 0. The van der Waals surface area contributed by atoms with E-state index in [4.69, 9.17) is 0 Å². The van der Waals surface area contributed by atoms with Gasteiger partial charge < -0.3 is 29.2 Å². The molecule has 0 aromatic carbocycles. The van der Waals surface area contributed by atoms with E-state index in [1.807, 2.05) is 0 Å². The zero-order chi connectivity index (χ0) is 3.58. The molecule has 0 fully saturated rings. The van der Waals surface area contributed by atoms with Gasteiger partial charge in [0.1, 0.15) is 0 Å². The predicted molar refractivity (Wildman–Crippen MR) is 39.4 cm³/mol. The van der Waals surface area contributed by atoms with E-state index in [0.717, 1.165) is 0 Å². The Morgan fingerprint density at radius 2 is 1.00 bits per heavy atom. The third-order valence-electron chi connectivity index (χ3n) is 0. The molecule has 0 radical (unpaired) electrons. The number of hydrogen-bond acceptors (Lipinski definition) is 0. The summed E-state index contributed by atoms with van der Waals surface area (Å²) in [6.45, 7) is 7.75. The zero-order valence-electron chi connectivity index (χ0n) is 6.78. The first kappa shape index (κ1) is 36.6. The van der Waals surface area contributed by atoms with E-state index in [1.165, 1.54) is 0 Å². The van der Waals surface area contributed by atoms with Crippen LogP contribution in [0.5, 0.6) is 0 Å². The van der Waals surface area contributed by atoms with Gasteiger partial charge in [-0.2, -0.15) is 5.92 Å². The van der Waals surface area contributed by atoms with Crippen LogP contribution in [0.4, 0.5) is 0 Å². The molecule has 0 saturated heterocycles. The Bertz CT molecular complexity index is 9.10. The molecule has 0 atom stereocenters. The molecule has 0 nitrogen and oxygen atoms in total. The van der Waals surface area contributed by atoms with Crippen molar-refractivity contribution in [2.45, 2.75) is 13.8 Å². The molecule has 8 heavy (non-hydrogen) atoms. The smallest absolute Gasteiger partial charge is 0.358 e. The van der Waals surface area contributed by atoms with E-state index in [2.05, 4.69) is 20.8 Å². The van der Waals surface area contributed by atoms with E-state index in [1.54, 1.807) is 0 Å². The zero-order valence-corrected chi connectivity index (χ0v) is 9.24. The van der Waals surface area contributed by atoms with Crippen molar-refractivity contribution < 1.29 is 26.2 Å². The maximum atomic E-state index is 3.64. The second kappa shape index (κ2) is 24.8. The van der Waals surface area contributed by atoms with Gasteiger partial charge in [-0.15, -0.1) is 0 Å². The van der Waals surface area contributed by atoms with Crippen LogP contribution >= 0.6 is 0 Å². The second-order valence-corrected chi connectivity index (χ2v) is 1.39. The minimum absolute atomic E-state index is 0. The average Bonchev–Trinajstić information content (AvgIpc) is 0.811. The van der Waals surface area contributed by atoms with Gasteiger partial charge in [0.05, 0.1) is 0 Å². The van der Waals surface area contributed by atoms with Crippen LogP contribution < -0.4 is 0 Å². The van der Waals surface area contributed by atoms with Gasteiger partial charge in [0, 0.05) is 0 Å². The van der Waals surface area contributed by atoms with Gasteiger partial charge in [-0.1, -0.05) is 13.8 Å². The normalized spacial score (nSPS) is 4.50. The van der Waals surface area contributed by atoms with Crippen molar-refractivity contribution in [1.29, 1.82) is 0 Å². The number of hydrogen-bond donors (Lipinski definition) is 0. The third kappa shape index (κ3) is 305. The summed E-state index contributed by atoms with van der Waals surface area (Å²) < 4.78 is 0. The molecule has 0 rings (SSSR count). The molecule has 0 aliphatic heterocycles. The first-order valence-corrected chi connectivity index (χ1v) is 1.56. The SMILES string of the molecule is [CH2-]C(C)C.[CH3-].[CH3-].[CH3-].[Zr+4]. The molecule has 0 spiro atoms. The van der Waals surface area contributed by atoms with Crippen molar-refractivity contribution in [3.63, 3.8) is 0 Å². The van der Waals surface area contributed by atoms with Crippen LogP contribution in [0.1, 0.15) is 13.8 Å². The standard InChI is InChI=1S/C4H9.3CH3.Zr/c1-4(2)3;;;;/h4H,1H2,2-3H3;3*1H3;/q4*-1;+4. The number of rotatable bonds is 0. The fourth-order valence-electron chi connectivity index (χ4n) is 0. The van der Waals surface area contributed by atoms with Crippen LogP contribution in [0.15, 0.2) is 0 Å². The molecular weight excluding hydrogens is 175 g/mol. The van der Waals surface area contributed by atoms with Crippen LogP contribution in [-0.2, 0) is 26.2 Å². The minimum atomic E-state index is 0. The van der Waals surface area contributed by atoms with Crippen molar-refractivity contribution in [3.8, 4) is 0 Å². The van der Waals surface area contributed by atoms with E-state index < -0.39 is 0 Å². The Balaban J connectivity index is -0.00000000750. The summed E-state index contributed by atoms with van der Waals surface area (Å²) in [5.41, 5.74) is 0. The molecule has 0 saturated carbocycles. The Morgan fingerprint density at radius 3 is 1.00 bits per heavy atom. The van der Waals surface area contributed by atoms with Gasteiger partial charge in [0.15, 0.2) is 0 Å². The van der Waals surface area contributed by atoms with Gasteiger partial charge >= 0.3 is 26.2 Å². The van der Waals surface area contributed by atoms with E-state index in [9.17, 15) is 0 Å². The summed E-state index contributed by atoms with van der Waals surface area (Å²) in [5.74, 6) is 0.583. The average molecular weight is 193 g/mol. The van der Waals surface area contributed by atoms with Crippen molar-refractivity contribution in [3.05, 3.63) is 29.2 Å². The first-order chi connectivity index (χ1) is 1.73. The van der Waals surface area contributed by atoms with Gasteiger partial charge in [-0.3, -0.25) is 0 Å². The molecule has 1 heteroatoms. The summed E-state index contributed by atoms with van der Waals surface area (Å²) in [4.78, 5) is 0. The summed E-state index contributed by atoms with van der Waals surface area (Å²) in [7, 11) is 0. The van der Waals surface area contributed by atoms with Gasteiger partial charge in [0.2, 0.25) is 0 Å². The van der Waals surface area contributed by atoms with Crippen LogP contribution in [-0.4, -0.2) is 0 Å². The molecular formula is C7H18Zr. The molecule has 0 aromatic heterocycles. The summed E-state index contributed by atoms with van der Waals surface area (Å²) in [5, 5.41) is 0. The maximum absolute atomic E-state index is 3.64. The maximum Gasteiger partial charge on any atom is 4.00 e. The monoisotopic (exact) mass is 192 g/mol. The largest absolute Gasteiger partial charge is 4.00 e. The summed E-state index contributed by atoms with van der Waals surface area (Å²) in [6, 6.07) is 0. The van der Waals surface area contributed by atoms with Gasteiger partial charge in [0.25, 0.3) is 0 Å². The summed E-state index contributed by atoms with van der Waals surface area (Å²) in [6.07, 6.45) is 0. The van der Waals surface area contributed by atoms with Crippen LogP contribution in [0.3, 0.4) is 0 Å². The van der Waals surface area contributed by atoms with Crippen molar-refractivity contribution in [2.24, 2.45) is 5.92 Å². The summed E-state index contributed by atoms with van der Waals surface area (Å²) >= 11 is 0. The van der Waals surface area contributed by atoms with E-state index in [0.29, 0.717) is 5.92 Å². The molecule has 0 amide bonds. The third-order valence-corrected chi connectivity index (χ3v) is 0. The van der Waals surface area contributed by atoms with Crippen molar-refractivity contribution >= 4 is 0 Å². The first-order valence-electron chi connectivity index (χ1n) is 1.56. The quantitative estimate of drug-likeness (QED) is 0.519. The molecule has 0 N–H and O–H groups in total. The van der Waals surface area contributed by atoms with E-state index >= 15 is 0 Å². The molecule has 0 aromatic rings. The Morgan fingerprint density at radius 1 is 1.00 bits per heavy atom. The molecule has 0 aliphatic carbocycles. The van der Waals surface area contributed by atoms with Crippen molar-refractivity contribution in [1.82, 2.24) is 0 Å².